The molecule has 0 bridgehead atoms. The zero-order chi connectivity index (χ0) is 14.5. The molecule has 20 heavy (non-hydrogen) atoms. The highest BCUT2D eigenvalue weighted by Crippen LogP contribution is 2.36. The Kier molecular flexibility index (Phi) is 4.93. The van der Waals surface area contributed by atoms with E-state index >= 15 is 0 Å². The first-order valence-corrected chi connectivity index (χ1v) is 7.30. The Hall–Kier alpha value is -1.65. The molecule has 0 saturated carbocycles. The van der Waals surface area contributed by atoms with Crippen molar-refractivity contribution < 1.29 is 9.53 Å². The Morgan fingerprint density at radius 1 is 1.25 bits per heavy atom. The molecule has 104 valence electrons. The third-order valence-electron chi connectivity index (χ3n) is 2.58. The Balaban J connectivity index is 2.22. The maximum Gasteiger partial charge on any atom is 0.338 e. The number of esters is 1. The van der Waals surface area contributed by atoms with Crippen LogP contribution in [0.25, 0.3) is 0 Å². The monoisotopic (exact) mass is 307 g/mol. The molecular formula is C15H14ClNO2S. The molecule has 5 heteroatoms. The van der Waals surface area contributed by atoms with E-state index in [0.29, 0.717) is 22.9 Å². The summed E-state index contributed by atoms with van der Waals surface area (Å²) in [5.41, 5.74) is 6.96. The molecule has 0 spiro atoms. The van der Waals surface area contributed by atoms with Gasteiger partial charge in [-0.3, -0.25) is 0 Å². The van der Waals surface area contributed by atoms with E-state index in [-0.39, 0.29) is 5.97 Å². The number of carbonyl (C=O) groups is 1. The van der Waals surface area contributed by atoms with Gasteiger partial charge in [0.25, 0.3) is 0 Å². The molecule has 2 aromatic rings. The Morgan fingerprint density at radius 2 is 2.00 bits per heavy atom. The number of hydrogen-bond donors (Lipinski definition) is 1. The lowest BCUT2D eigenvalue weighted by Crippen LogP contribution is -2.05. The summed E-state index contributed by atoms with van der Waals surface area (Å²) in [4.78, 5) is 13.4. The molecule has 0 radical (unpaired) electrons. The number of hydrogen-bond acceptors (Lipinski definition) is 4. The summed E-state index contributed by atoms with van der Waals surface area (Å²) in [5.74, 6) is -0.367. The third-order valence-corrected chi connectivity index (χ3v) is 4.19. The summed E-state index contributed by atoms with van der Waals surface area (Å²) in [7, 11) is 0. The molecule has 0 aliphatic rings. The number of carbonyl (C=O) groups excluding carboxylic acids is 1. The molecule has 2 aromatic carbocycles. The van der Waals surface area contributed by atoms with Gasteiger partial charge in [0.15, 0.2) is 0 Å². The second-order valence-electron chi connectivity index (χ2n) is 4.01. The first kappa shape index (κ1) is 14.8. The van der Waals surface area contributed by atoms with Crippen LogP contribution < -0.4 is 5.73 Å². The maximum absolute atomic E-state index is 11.6. The fourth-order valence-electron chi connectivity index (χ4n) is 1.63. The molecule has 0 unspecified atom stereocenters. The molecule has 0 aromatic heterocycles. The largest absolute Gasteiger partial charge is 0.462 e. The summed E-state index contributed by atoms with van der Waals surface area (Å²) in [6, 6.07) is 12.7. The average molecular weight is 308 g/mol. The zero-order valence-electron chi connectivity index (χ0n) is 10.9. The molecule has 0 aliphatic carbocycles. The van der Waals surface area contributed by atoms with Gasteiger partial charge in [0.2, 0.25) is 0 Å². The Bertz CT molecular complexity index is 631. The van der Waals surface area contributed by atoms with E-state index in [2.05, 4.69) is 0 Å². The van der Waals surface area contributed by atoms with Gasteiger partial charge in [0.05, 0.1) is 17.2 Å². The number of anilines is 1. The van der Waals surface area contributed by atoms with E-state index in [1.165, 1.54) is 11.8 Å². The van der Waals surface area contributed by atoms with Crippen molar-refractivity contribution in [2.24, 2.45) is 0 Å². The van der Waals surface area contributed by atoms with Crippen molar-refractivity contribution in [2.75, 3.05) is 12.3 Å². The highest BCUT2D eigenvalue weighted by molar-refractivity contribution is 7.99. The molecule has 0 heterocycles. The van der Waals surface area contributed by atoms with E-state index in [4.69, 9.17) is 22.1 Å². The van der Waals surface area contributed by atoms with E-state index in [1.807, 2.05) is 24.3 Å². The first-order chi connectivity index (χ1) is 9.61. The van der Waals surface area contributed by atoms with Gasteiger partial charge >= 0.3 is 5.97 Å². The molecule has 0 fully saturated rings. The molecule has 2 N–H and O–H groups in total. The topological polar surface area (TPSA) is 52.3 Å². The van der Waals surface area contributed by atoms with Crippen LogP contribution in [0.4, 0.5) is 5.69 Å². The second-order valence-corrected chi connectivity index (χ2v) is 5.50. The third kappa shape index (κ3) is 3.46. The van der Waals surface area contributed by atoms with E-state index in [9.17, 15) is 4.79 Å². The van der Waals surface area contributed by atoms with Gasteiger partial charge < -0.3 is 10.5 Å². The first-order valence-electron chi connectivity index (χ1n) is 6.11. The summed E-state index contributed by atoms with van der Waals surface area (Å²) in [6.07, 6.45) is 0. The number of nitrogens with two attached hydrogens (primary N) is 1. The van der Waals surface area contributed by atoms with Crippen molar-refractivity contribution in [2.45, 2.75) is 16.7 Å². The summed E-state index contributed by atoms with van der Waals surface area (Å²) in [6.45, 7) is 2.11. The van der Waals surface area contributed by atoms with Crippen LogP contribution >= 0.6 is 23.4 Å². The van der Waals surface area contributed by atoms with E-state index in [1.54, 1.807) is 25.1 Å². The van der Waals surface area contributed by atoms with Crippen molar-refractivity contribution >= 4 is 35.0 Å². The molecule has 0 aliphatic heterocycles. The predicted octanol–water partition coefficient (Wildman–Crippen LogP) is 4.25. The highest BCUT2D eigenvalue weighted by Gasteiger charge is 2.10. The van der Waals surface area contributed by atoms with Gasteiger partial charge in [0.1, 0.15) is 0 Å². The van der Waals surface area contributed by atoms with Crippen LogP contribution in [0.5, 0.6) is 0 Å². The minimum Gasteiger partial charge on any atom is -0.462 e. The van der Waals surface area contributed by atoms with Crippen molar-refractivity contribution in [1.82, 2.24) is 0 Å². The average Bonchev–Trinajstić information content (AvgIpc) is 2.43. The predicted molar refractivity (Wildman–Crippen MR) is 82.4 cm³/mol. The Morgan fingerprint density at radius 3 is 2.65 bits per heavy atom. The zero-order valence-corrected chi connectivity index (χ0v) is 12.5. The molecule has 0 atom stereocenters. The fraction of sp³-hybridized carbons (Fsp3) is 0.133. The smallest absolute Gasteiger partial charge is 0.338 e. The molecule has 0 amide bonds. The fourth-order valence-corrected chi connectivity index (χ4v) is 2.74. The van der Waals surface area contributed by atoms with Crippen LogP contribution in [0.2, 0.25) is 5.02 Å². The van der Waals surface area contributed by atoms with Crippen LogP contribution in [0.3, 0.4) is 0 Å². The minimum absolute atomic E-state index is 0.342. The standard InChI is InChI=1S/C15H14ClNO2S/c1-2-19-15(18)10-7-8-14(12(17)9-10)20-13-6-4-3-5-11(13)16/h3-9H,2,17H2,1H3. The number of ether oxygens (including phenoxy) is 1. The van der Waals surface area contributed by atoms with Crippen LogP contribution in [-0.2, 0) is 4.74 Å². The highest BCUT2D eigenvalue weighted by atomic mass is 35.5. The van der Waals surface area contributed by atoms with Crippen molar-refractivity contribution in [1.29, 1.82) is 0 Å². The Labute approximate surface area is 127 Å². The summed E-state index contributed by atoms with van der Waals surface area (Å²) < 4.78 is 4.94. The number of rotatable bonds is 4. The molecule has 3 nitrogen and oxygen atoms in total. The van der Waals surface area contributed by atoms with Crippen LogP contribution in [0.1, 0.15) is 17.3 Å². The quantitative estimate of drug-likeness (QED) is 0.677. The van der Waals surface area contributed by atoms with Gasteiger partial charge in [-0.25, -0.2) is 4.79 Å². The number of halogens is 1. The molecule has 2 rings (SSSR count). The van der Waals surface area contributed by atoms with Gasteiger partial charge in [-0.1, -0.05) is 35.5 Å². The normalized spacial score (nSPS) is 10.3. The lowest BCUT2D eigenvalue weighted by Gasteiger charge is -2.08. The SMILES string of the molecule is CCOC(=O)c1ccc(Sc2ccccc2Cl)c(N)c1. The van der Waals surface area contributed by atoms with Crippen LogP contribution in [-0.4, -0.2) is 12.6 Å². The summed E-state index contributed by atoms with van der Waals surface area (Å²) in [5, 5.41) is 0.673. The number of nitrogen functional groups attached to an aromatic ring is 1. The van der Waals surface area contributed by atoms with Gasteiger partial charge in [-0.2, -0.15) is 0 Å². The molecule has 0 saturated heterocycles. The van der Waals surface area contributed by atoms with Crippen molar-refractivity contribution in [3.63, 3.8) is 0 Å². The number of benzene rings is 2. The maximum atomic E-state index is 11.6. The van der Waals surface area contributed by atoms with Crippen molar-refractivity contribution in [3.8, 4) is 0 Å². The lowest BCUT2D eigenvalue weighted by molar-refractivity contribution is 0.0526. The van der Waals surface area contributed by atoms with Gasteiger partial charge in [0, 0.05) is 15.5 Å². The van der Waals surface area contributed by atoms with Crippen LogP contribution in [0.15, 0.2) is 52.3 Å². The van der Waals surface area contributed by atoms with Gasteiger partial charge in [-0.15, -0.1) is 0 Å². The minimum atomic E-state index is -0.367. The van der Waals surface area contributed by atoms with Crippen LogP contribution in [0, 0.1) is 0 Å². The lowest BCUT2D eigenvalue weighted by atomic mass is 10.2. The second kappa shape index (κ2) is 6.68. The van der Waals surface area contributed by atoms with E-state index < -0.39 is 0 Å². The summed E-state index contributed by atoms with van der Waals surface area (Å²) >= 11 is 7.58. The van der Waals surface area contributed by atoms with Gasteiger partial charge in [-0.05, 0) is 37.3 Å². The van der Waals surface area contributed by atoms with Crippen molar-refractivity contribution in [3.05, 3.63) is 53.1 Å². The van der Waals surface area contributed by atoms with E-state index in [0.717, 1.165) is 9.79 Å². The molecular weight excluding hydrogens is 294 g/mol.